The van der Waals surface area contributed by atoms with Crippen LogP contribution in [-0.4, -0.2) is 22.1 Å². The molecule has 0 aliphatic rings. The summed E-state index contributed by atoms with van der Waals surface area (Å²) in [5.41, 5.74) is 1.26. The summed E-state index contributed by atoms with van der Waals surface area (Å²) in [6.07, 6.45) is 3.26. The third-order valence-corrected chi connectivity index (χ3v) is 1.98. The van der Waals surface area contributed by atoms with Gasteiger partial charge in [0.15, 0.2) is 0 Å². The van der Waals surface area contributed by atoms with Crippen LogP contribution in [0, 0.1) is 11.3 Å². The van der Waals surface area contributed by atoms with E-state index in [0.717, 1.165) is 0 Å². The van der Waals surface area contributed by atoms with Gasteiger partial charge in [-0.25, -0.2) is 4.68 Å². The Morgan fingerprint density at radius 3 is 2.93 bits per heavy atom. The first kappa shape index (κ1) is 9.21. The van der Waals surface area contributed by atoms with Crippen LogP contribution < -0.4 is 4.74 Å². The molecular weight excluding hydrogens is 192 g/mol. The highest BCUT2D eigenvalue weighted by Crippen LogP contribution is 2.22. The predicted molar refractivity (Wildman–Crippen MR) is 52.6 cm³/mol. The molecule has 0 bridgehead atoms. The maximum absolute atomic E-state index is 8.79. The van der Waals surface area contributed by atoms with Crippen LogP contribution in [0.5, 0.6) is 5.75 Å². The van der Waals surface area contributed by atoms with E-state index in [1.165, 1.54) is 0 Å². The molecule has 1 heterocycles. The van der Waals surface area contributed by atoms with Crippen LogP contribution in [0.15, 0.2) is 30.6 Å². The third kappa shape index (κ3) is 1.65. The van der Waals surface area contributed by atoms with Crippen LogP contribution in [-0.2, 0) is 0 Å². The van der Waals surface area contributed by atoms with Gasteiger partial charge in [0.05, 0.1) is 31.1 Å². The van der Waals surface area contributed by atoms with Crippen molar-refractivity contribution in [2.75, 3.05) is 7.11 Å². The first-order chi connectivity index (χ1) is 7.35. The molecular formula is C10H8N4O. The van der Waals surface area contributed by atoms with Crippen LogP contribution in [0.4, 0.5) is 0 Å². The number of ether oxygens (including phenoxy) is 1. The lowest BCUT2D eigenvalue weighted by Crippen LogP contribution is -1.99. The molecule has 0 fully saturated rings. The van der Waals surface area contributed by atoms with Gasteiger partial charge in [0.1, 0.15) is 11.4 Å². The van der Waals surface area contributed by atoms with Gasteiger partial charge in [-0.05, 0) is 18.2 Å². The highest BCUT2D eigenvalue weighted by Gasteiger charge is 2.06. The average Bonchev–Trinajstić information content (AvgIpc) is 2.81. The Bertz CT molecular complexity index is 499. The highest BCUT2D eigenvalue weighted by atomic mass is 16.5. The van der Waals surface area contributed by atoms with E-state index in [1.54, 1.807) is 42.4 Å². The molecule has 15 heavy (non-hydrogen) atoms. The minimum atomic E-state index is 0.557. The number of benzene rings is 1. The zero-order valence-electron chi connectivity index (χ0n) is 8.08. The van der Waals surface area contributed by atoms with Gasteiger partial charge in [-0.15, -0.1) is 5.10 Å². The molecule has 0 aliphatic carbocycles. The number of methoxy groups -OCH3 is 1. The first-order valence-corrected chi connectivity index (χ1v) is 4.30. The molecule has 0 radical (unpaired) electrons. The van der Waals surface area contributed by atoms with Gasteiger partial charge in [-0.1, -0.05) is 5.21 Å². The van der Waals surface area contributed by atoms with Gasteiger partial charge in [-0.3, -0.25) is 0 Å². The summed E-state index contributed by atoms with van der Waals surface area (Å²) in [5.74, 6) is 0.652. The summed E-state index contributed by atoms with van der Waals surface area (Å²) in [4.78, 5) is 0. The smallest absolute Gasteiger partial charge is 0.144 e. The van der Waals surface area contributed by atoms with E-state index in [9.17, 15) is 0 Å². The number of hydrogen-bond donors (Lipinski definition) is 0. The lowest BCUT2D eigenvalue weighted by molar-refractivity contribution is 0.411. The molecule has 2 rings (SSSR count). The van der Waals surface area contributed by atoms with Crippen molar-refractivity contribution in [2.45, 2.75) is 0 Å². The lowest BCUT2D eigenvalue weighted by Gasteiger charge is -2.07. The normalized spacial score (nSPS) is 9.60. The van der Waals surface area contributed by atoms with Crippen molar-refractivity contribution in [3.63, 3.8) is 0 Å². The summed E-state index contributed by atoms with van der Waals surface area (Å²) in [5, 5.41) is 16.3. The van der Waals surface area contributed by atoms with Crippen LogP contribution in [0.2, 0.25) is 0 Å². The maximum Gasteiger partial charge on any atom is 0.144 e. The first-order valence-electron chi connectivity index (χ1n) is 4.30. The summed E-state index contributed by atoms with van der Waals surface area (Å²) >= 11 is 0. The lowest BCUT2D eigenvalue weighted by atomic mass is 10.2. The fourth-order valence-corrected chi connectivity index (χ4v) is 1.28. The second-order valence-electron chi connectivity index (χ2n) is 2.85. The van der Waals surface area contributed by atoms with Crippen LogP contribution in [0.1, 0.15) is 5.56 Å². The van der Waals surface area contributed by atoms with E-state index in [-0.39, 0.29) is 0 Å². The van der Waals surface area contributed by atoms with Gasteiger partial charge >= 0.3 is 0 Å². The molecule has 0 unspecified atom stereocenters. The quantitative estimate of drug-likeness (QED) is 0.729. The van der Waals surface area contributed by atoms with Crippen molar-refractivity contribution in [1.82, 2.24) is 15.0 Å². The van der Waals surface area contributed by atoms with Gasteiger partial charge < -0.3 is 4.74 Å². The Morgan fingerprint density at radius 1 is 1.47 bits per heavy atom. The highest BCUT2D eigenvalue weighted by molar-refractivity contribution is 5.51. The van der Waals surface area contributed by atoms with E-state index < -0.39 is 0 Å². The SMILES string of the molecule is COc1ccc(C#N)cc1-n1ccnn1. The van der Waals surface area contributed by atoms with Crippen LogP contribution in [0.3, 0.4) is 0 Å². The number of nitrogens with zero attached hydrogens (tertiary/aromatic N) is 4. The second-order valence-corrected chi connectivity index (χ2v) is 2.85. The van der Waals surface area contributed by atoms with Crippen LogP contribution in [0.25, 0.3) is 5.69 Å². The molecule has 0 spiro atoms. The number of nitriles is 1. The van der Waals surface area contributed by atoms with Gasteiger partial charge in [0.2, 0.25) is 0 Å². The largest absolute Gasteiger partial charge is 0.494 e. The molecule has 0 saturated carbocycles. The van der Waals surface area contributed by atoms with E-state index in [2.05, 4.69) is 16.4 Å². The topological polar surface area (TPSA) is 63.7 Å². The molecule has 2 aromatic rings. The minimum absolute atomic E-state index is 0.557. The molecule has 0 N–H and O–H groups in total. The zero-order valence-corrected chi connectivity index (χ0v) is 8.08. The van der Waals surface area contributed by atoms with Gasteiger partial charge in [0, 0.05) is 0 Å². The van der Waals surface area contributed by atoms with Crippen molar-refractivity contribution in [2.24, 2.45) is 0 Å². The Balaban J connectivity index is 2.58. The maximum atomic E-state index is 8.79. The molecule has 1 aromatic carbocycles. The molecule has 0 aliphatic heterocycles. The molecule has 0 atom stereocenters. The fraction of sp³-hybridized carbons (Fsp3) is 0.100. The molecule has 5 heteroatoms. The summed E-state index contributed by atoms with van der Waals surface area (Å²) in [6.45, 7) is 0. The predicted octanol–water partition coefficient (Wildman–Crippen LogP) is 1.15. The van der Waals surface area contributed by atoms with Gasteiger partial charge in [-0.2, -0.15) is 5.26 Å². The molecule has 0 amide bonds. The number of aromatic nitrogens is 3. The van der Waals surface area contributed by atoms with Crippen molar-refractivity contribution < 1.29 is 4.74 Å². The van der Waals surface area contributed by atoms with E-state index in [1.807, 2.05) is 0 Å². The number of hydrogen-bond acceptors (Lipinski definition) is 4. The minimum Gasteiger partial charge on any atom is -0.494 e. The molecule has 0 saturated heterocycles. The van der Waals surface area contributed by atoms with Crippen molar-refractivity contribution in [1.29, 1.82) is 5.26 Å². The Kier molecular flexibility index (Phi) is 2.33. The second kappa shape index (κ2) is 3.80. The fourth-order valence-electron chi connectivity index (χ4n) is 1.28. The van der Waals surface area contributed by atoms with E-state index >= 15 is 0 Å². The van der Waals surface area contributed by atoms with Crippen molar-refractivity contribution >= 4 is 0 Å². The summed E-state index contributed by atoms with van der Waals surface area (Å²) in [7, 11) is 1.57. The standard InChI is InChI=1S/C10H8N4O/c1-15-10-3-2-8(7-11)6-9(10)14-5-4-12-13-14/h2-6H,1H3. The molecule has 1 aromatic heterocycles. The summed E-state index contributed by atoms with van der Waals surface area (Å²) < 4.78 is 6.73. The Hall–Kier alpha value is -2.35. The van der Waals surface area contributed by atoms with Gasteiger partial charge in [0.25, 0.3) is 0 Å². The number of rotatable bonds is 2. The van der Waals surface area contributed by atoms with E-state index in [0.29, 0.717) is 17.0 Å². The van der Waals surface area contributed by atoms with Crippen molar-refractivity contribution in [3.05, 3.63) is 36.2 Å². The van der Waals surface area contributed by atoms with Crippen LogP contribution >= 0.6 is 0 Å². The summed E-state index contributed by atoms with van der Waals surface area (Å²) in [6, 6.07) is 7.19. The Morgan fingerprint density at radius 2 is 2.33 bits per heavy atom. The Labute approximate surface area is 86.5 Å². The molecule has 5 nitrogen and oxygen atoms in total. The zero-order chi connectivity index (χ0) is 10.7. The monoisotopic (exact) mass is 200 g/mol. The molecule has 74 valence electrons. The van der Waals surface area contributed by atoms with Crippen molar-refractivity contribution in [3.8, 4) is 17.5 Å². The third-order valence-electron chi connectivity index (χ3n) is 1.98. The average molecular weight is 200 g/mol. The van der Waals surface area contributed by atoms with E-state index in [4.69, 9.17) is 10.00 Å².